The average molecular weight is 248 g/mol. The standard InChI is InChI=1S/C15H14F2O/c1-15(18-14(16)17,12-8-4-2-5-9-12)13-10-6-3-7-11-13/h2-11,14H,1H3. The summed E-state index contributed by atoms with van der Waals surface area (Å²) in [6.45, 7) is -1.17. The highest BCUT2D eigenvalue weighted by Crippen LogP contribution is 2.34. The van der Waals surface area contributed by atoms with E-state index in [4.69, 9.17) is 4.74 Å². The molecule has 0 aliphatic carbocycles. The topological polar surface area (TPSA) is 9.23 Å². The van der Waals surface area contributed by atoms with Crippen molar-refractivity contribution in [1.29, 1.82) is 0 Å². The van der Waals surface area contributed by atoms with Gasteiger partial charge in [0.05, 0.1) is 0 Å². The Hall–Kier alpha value is -1.74. The van der Waals surface area contributed by atoms with Crippen LogP contribution in [0.25, 0.3) is 0 Å². The Morgan fingerprint density at radius 3 is 1.56 bits per heavy atom. The monoisotopic (exact) mass is 248 g/mol. The van der Waals surface area contributed by atoms with E-state index in [1.165, 1.54) is 0 Å². The smallest absolute Gasteiger partial charge is 0.307 e. The minimum absolute atomic E-state index is 0.705. The van der Waals surface area contributed by atoms with Crippen LogP contribution in [-0.2, 0) is 10.3 Å². The van der Waals surface area contributed by atoms with Gasteiger partial charge in [0.2, 0.25) is 0 Å². The van der Waals surface area contributed by atoms with E-state index >= 15 is 0 Å². The zero-order chi connectivity index (χ0) is 13.0. The molecule has 0 saturated heterocycles. The second-order valence-corrected chi connectivity index (χ2v) is 4.14. The van der Waals surface area contributed by atoms with Crippen LogP contribution in [0.3, 0.4) is 0 Å². The van der Waals surface area contributed by atoms with E-state index < -0.39 is 12.2 Å². The van der Waals surface area contributed by atoms with Gasteiger partial charge in [-0.15, -0.1) is 0 Å². The van der Waals surface area contributed by atoms with Crippen molar-refractivity contribution in [2.24, 2.45) is 0 Å². The van der Waals surface area contributed by atoms with Crippen molar-refractivity contribution in [3.8, 4) is 0 Å². The first kappa shape index (κ1) is 12.7. The molecule has 0 amide bonds. The molecule has 2 rings (SSSR count). The summed E-state index contributed by atoms with van der Waals surface area (Å²) in [5.74, 6) is 0. The Labute approximate surface area is 105 Å². The molecule has 2 aromatic carbocycles. The molecule has 18 heavy (non-hydrogen) atoms. The van der Waals surface area contributed by atoms with E-state index in [0.29, 0.717) is 11.1 Å². The van der Waals surface area contributed by atoms with Gasteiger partial charge in [-0.2, -0.15) is 8.78 Å². The third kappa shape index (κ3) is 2.57. The van der Waals surface area contributed by atoms with Crippen molar-refractivity contribution >= 4 is 0 Å². The molecule has 0 N–H and O–H groups in total. The molecule has 3 heteroatoms. The third-order valence-electron chi connectivity index (χ3n) is 2.97. The van der Waals surface area contributed by atoms with Crippen LogP contribution in [-0.4, -0.2) is 6.61 Å². The normalized spacial score (nSPS) is 11.8. The van der Waals surface area contributed by atoms with Gasteiger partial charge < -0.3 is 4.74 Å². The lowest BCUT2D eigenvalue weighted by Gasteiger charge is -2.30. The summed E-state index contributed by atoms with van der Waals surface area (Å²) in [5.41, 5.74) is 0.268. The van der Waals surface area contributed by atoms with Crippen LogP contribution in [0.2, 0.25) is 0 Å². The Bertz CT molecular complexity index is 443. The number of hydrogen-bond donors (Lipinski definition) is 0. The largest absolute Gasteiger partial charge is 0.346 e. The third-order valence-corrected chi connectivity index (χ3v) is 2.97. The zero-order valence-electron chi connectivity index (χ0n) is 10.0. The van der Waals surface area contributed by atoms with Crippen molar-refractivity contribution in [3.05, 3.63) is 71.8 Å². The zero-order valence-corrected chi connectivity index (χ0v) is 10.0. The molecule has 2 aromatic rings. The van der Waals surface area contributed by atoms with Crippen LogP contribution in [0.1, 0.15) is 18.1 Å². The van der Waals surface area contributed by atoms with Crippen LogP contribution in [0.5, 0.6) is 0 Å². The molecule has 0 atom stereocenters. The van der Waals surface area contributed by atoms with Gasteiger partial charge in [0.25, 0.3) is 0 Å². The van der Waals surface area contributed by atoms with Gasteiger partial charge in [0.1, 0.15) is 5.60 Å². The van der Waals surface area contributed by atoms with Crippen LogP contribution < -0.4 is 0 Å². The predicted molar refractivity (Wildman–Crippen MR) is 66.4 cm³/mol. The second-order valence-electron chi connectivity index (χ2n) is 4.14. The summed E-state index contributed by atoms with van der Waals surface area (Å²) in [5, 5.41) is 0. The fourth-order valence-corrected chi connectivity index (χ4v) is 1.99. The molecule has 0 fully saturated rings. The van der Waals surface area contributed by atoms with E-state index in [9.17, 15) is 8.78 Å². The summed E-state index contributed by atoms with van der Waals surface area (Å²) in [6.07, 6.45) is 0. The van der Waals surface area contributed by atoms with Gasteiger partial charge in [-0.05, 0) is 18.1 Å². The molecule has 0 aliphatic heterocycles. The van der Waals surface area contributed by atoms with Crippen LogP contribution in [0.15, 0.2) is 60.7 Å². The Kier molecular flexibility index (Phi) is 3.72. The quantitative estimate of drug-likeness (QED) is 0.788. The molecular formula is C15H14F2O. The Balaban J connectivity index is 2.48. The minimum atomic E-state index is -2.82. The number of benzene rings is 2. The Morgan fingerprint density at radius 2 is 1.22 bits per heavy atom. The van der Waals surface area contributed by atoms with Crippen molar-refractivity contribution in [2.75, 3.05) is 0 Å². The van der Waals surface area contributed by atoms with Gasteiger partial charge in [0, 0.05) is 0 Å². The lowest BCUT2D eigenvalue weighted by atomic mass is 9.88. The van der Waals surface area contributed by atoms with E-state index in [0.717, 1.165) is 0 Å². The van der Waals surface area contributed by atoms with Crippen LogP contribution in [0.4, 0.5) is 8.78 Å². The number of halogens is 2. The van der Waals surface area contributed by atoms with E-state index in [1.807, 2.05) is 36.4 Å². The average Bonchev–Trinajstić information content (AvgIpc) is 2.40. The summed E-state index contributed by atoms with van der Waals surface area (Å²) in [7, 11) is 0. The van der Waals surface area contributed by atoms with Crippen molar-refractivity contribution in [3.63, 3.8) is 0 Å². The number of rotatable bonds is 4. The van der Waals surface area contributed by atoms with E-state index in [2.05, 4.69) is 0 Å². The minimum Gasteiger partial charge on any atom is -0.307 e. The maximum atomic E-state index is 12.7. The number of alkyl halides is 2. The maximum absolute atomic E-state index is 12.7. The van der Waals surface area contributed by atoms with E-state index in [-0.39, 0.29) is 0 Å². The molecule has 94 valence electrons. The van der Waals surface area contributed by atoms with Crippen molar-refractivity contribution < 1.29 is 13.5 Å². The van der Waals surface area contributed by atoms with Crippen molar-refractivity contribution in [2.45, 2.75) is 19.1 Å². The van der Waals surface area contributed by atoms with E-state index in [1.54, 1.807) is 31.2 Å². The molecule has 0 radical (unpaired) electrons. The Morgan fingerprint density at radius 1 is 0.833 bits per heavy atom. The van der Waals surface area contributed by atoms with Gasteiger partial charge in [0.15, 0.2) is 0 Å². The molecule has 0 unspecified atom stereocenters. The lowest BCUT2D eigenvalue weighted by Crippen LogP contribution is -2.29. The summed E-state index contributed by atoms with van der Waals surface area (Å²) in [6, 6.07) is 18.1. The summed E-state index contributed by atoms with van der Waals surface area (Å²) < 4.78 is 30.2. The molecule has 0 aromatic heterocycles. The molecule has 0 saturated carbocycles. The molecular weight excluding hydrogens is 234 g/mol. The molecule has 0 aliphatic rings. The molecule has 0 bridgehead atoms. The second kappa shape index (κ2) is 5.27. The SMILES string of the molecule is CC(OC(F)F)(c1ccccc1)c1ccccc1. The highest BCUT2D eigenvalue weighted by atomic mass is 19.3. The molecule has 0 heterocycles. The fraction of sp³-hybridized carbons (Fsp3) is 0.200. The first-order valence-electron chi connectivity index (χ1n) is 5.70. The van der Waals surface area contributed by atoms with Gasteiger partial charge >= 0.3 is 6.61 Å². The predicted octanol–water partition coefficient (Wildman–Crippen LogP) is 4.19. The molecule has 0 spiro atoms. The van der Waals surface area contributed by atoms with Gasteiger partial charge in [-0.1, -0.05) is 60.7 Å². The van der Waals surface area contributed by atoms with Gasteiger partial charge in [-0.25, -0.2) is 0 Å². The van der Waals surface area contributed by atoms with Crippen LogP contribution >= 0.6 is 0 Å². The highest BCUT2D eigenvalue weighted by Gasteiger charge is 2.32. The first-order chi connectivity index (χ1) is 8.63. The number of ether oxygens (including phenoxy) is 1. The van der Waals surface area contributed by atoms with Crippen LogP contribution in [0, 0.1) is 0 Å². The highest BCUT2D eigenvalue weighted by molar-refractivity contribution is 5.35. The maximum Gasteiger partial charge on any atom is 0.346 e. The van der Waals surface area contributed by atoms with Gasteiger partial charge in [-0.3, -0.25) is 0 Å². The summed E-state index contributed by atoms with van der Waals surface area (Å²) in [4.78, 5) is 0. The fourth-order valence-electron chi connectivity index (χ4n) is 1.99. The van der Waals surface area contributed by atoms with Crippen molar-refractivity contribution in [1.82, 2.24) is 0 Å². The lowest BCUT2D eigenvalue weighted by molar-refractivity contribution is -0.192. The number of hydrogen-bond acceptors (Lipinski definition) is 1. The first-order valence-corrected chi connectivity index (χ1v) is 5.70. The summed E-state index contributed by atoms with van der Waals surface area (Å²) >= 11 is 0. The molecule has 1 nitrogen and oxygen atoms in total.